The molecule has 0 aliphatic rings. The van der Waals surface area contributed by atoms with Gasteiger partial charge in [-0.25, -0.2) is 0 Å². The summed E-state index contributed by atoms with van der Waals surface area (Å²) < 4.78 is 0. The summed E-state index contributed by atoms with van der Waals surface area (Å²) in [4.78, 5) is 5.35. The fourth-order valence-corrected chi connectivity index (χ4v) is 2.65. The van der Waals surface area contributed by atoms with Gasteiger partial charge in [-0.2, -0.15) is 0 Å². The van der Waals surface area contributed by atoms with Crippen LogP contribution in [0.15, 0.2) is 48.1 Å². The Morgan fingerprint density at radius 2 is 1.88 bits per heavy atom. The summed E-state index contributed by atoms with van der Waals surface area (Å²) in [5.41, 5.74) is 4.52. The van der Waals surface area contributed by atoms with Crippen LogP contribution >= 0.6 is 11.3 Å². The standard InChI is InChI=1S/C15H13NS/c1-2-11-3-4-13-8-14(6-5-12(13)7-11)15-9-16-10-17-15/h3-10H,2H2,1H3. The molecule has 3 aromatic rings. The lowest BCUT2D eigenvalue weighted by Gasteiger charge is -2.03. The van der Waals surface area contributed by atoms with Crippen molar-refractivity contribution in [2.24, 2.45) is 0 Å². The predicted molar refractivity (Wildman–Crippen MR) is 74.4 cm³/mol. The first-order chi connectivity index (χ1) is 8.36. The van der Waals surface area contributed by atoms with Crippen LogP contribution in [0.4, 0.5) is 0 Å². The summed E-state index contributed by atoms with van der Waals surface area (Å²) in [5, 5.41) is 2.62. The van der Waals surface area contributed by atoms with Gasteiger partial charge in [0.15, 0.2) is 0 Å². The van der Waals surface area contributed by atoms with Crippen molar-refractivity contribution in [1.29, 1.82) is 0 Å². The van der Waals surface area contributed by atoms with Gasteiger partial charge in [0.2, 0.25) is 0 Å². The maximum atomic E-state index is 4.12. The van der Waals surface area contributed by atoms with Gasteiger partial charge in [-0.05, 0) is 34.4 Å². The Hall–Kier alpha value is -1.67. The number of thiazole rings is 1. The Labute approximate surface area is 105 Å². The molecule has 0 aliphatic heterocycles. The average molecular weight is 239 g/mol. The summed E-state index contributed by atoms with van der Waals surface area (Å²) in [6, 6.07) is 13.3. The molecule has 0 unspecified atom stereocenters. The van der Waals surface area contributed by atoms with Crippen LogP contribution in [0.2, 0.25) is 0 Å². The zero-order valence-electron chi connectivity index (χ0n) is 9.68. The Bertz CT molecular complexity index is 641. The summed E-state index contributed by atoms with van der Waals surface area (Å²) in [6.45, 7) is 2.19. The number of hydrogen-bond donors (Lipinski definition) is 0. The van der Waals surface area contributed by atoms with E-state index in [9.17, 15) is 0 Å². The molecule has 0 saturated heterocycles. The third-order valence-electron chi connectivity index (χ3n) is 3.03. The first-order valence-electron chi connectivity index (χ1n) is 5.78. The summed E-state index contributed by atoms with van der Waals surface area (Å²) in [7, 11) is 0. The molecule has 2 heteroatoms. The molecule has 1 aromatic heterocycles. The van der Waals surface area contributed by atoms with Gasteiger partial charge in [-0.1, -0.05) is 37.3 Å². The van der Waals surface area contributed by atoms with Crippen molar-refractivity contribution in [2.75, 3.05) is 0 Å². The van der Waals surface area contributed by atoms with Crippen molar-refractivity contribution in [3.8, 4) is 10.4 Å². The molecule has 0 amide bonds. The Morgan fingerprint density at radius 1 is 1.06 bits per heavy atom. The van der Waals surface area contributed by atoms with Gasteiger partial charge in [-0.15, -0.1) is 11.3 Å². The first kappa shape index (κ1) is 10.5. The monoisotopic (exact) mass is 239 g/mol. The molecule has 84 valence electrons. The van der Waals surface area contributed by atoms with Crippen molar-refractivity contribution in [2.45, 2.75) is 13.3 Å². The molecule has 17 heavy (non-hydrogen) atoms. The number of aryl methyl sites for hydroxylation is 1. The Balaban J connectivity index is 2.14. The van der Waals surface area contributed by atoms with Gasteiger partial charge >= 0.3 is 0 Å². The van der Waals surface area contributed by atoms with Crippen LogP contribution in [0.5, 0.6) is 0 Å². The van der Waals surface area contributed by atoms with Crippen LogP contribution in [0, 0.1) is 0 Å². The highest BCUT2D eigenvalue weighted by Gasteiger charge is 2.01. The second-order valence-corrected chi connectivity index (χ2v) is 5.00. The van der Waals surface area contributed by atoms with E-state index in [1.54, 1.807) is 11.3 Å². The van der Waals surface area contributed by atoms with E-state index in [4.69, 9.17) is 0 Å². The number of nitrogens with zero attached hydrogens (tertiary/aromatic N) is 1. The fraction of sp³-hybridized carbons (Fsp3) is 0.133. The number of hydrogen-bond acceptors (Lipinski definition) is 2. The lowest BCUT2D eigenvalue weighted by molar-refractivity contribution is 1.15. The minimum absolute atomic E-state index is 1.09. The minimum atomic E-state index is 1.09. The number of benzene rings is 2. The van der Waals surface area contributed by atoms with Crippen LogP contribution in [0.1, 0.15) is 12.5 Å². The summed E-state index contributed by atoms with van der Waals surface area (Å²) >= 11 is 1.68. The summed E-state index contributed by atoms with van der Waals surface area (Å²) in [6.07, 6.45) is 3.01. The number of fused-ring (bicyclic) bond motifs is 1. The lowest BCUT2D eigenvalue weighted by Crippen LogP contribution is -1.81. The molecule has 0 fully saturated rings. The highest BCUT2D eigenvalue weighted by molar-refractivity contribution is 7.13. The third kappa shape index (κ3) is 1.96. The van der Waals surface area contributed by atoms with Crippen molar-refractivity contribution < 1.29 is 0 Å². The van der Waals surface area contributed by atoms with E-state index >= 15 is 0 Å². The van der Waals surface area contributed by atoms with Gasteiger partial charge in [0, 0.05) is 6.20 Å². The molecule has 3 rings (SSSR count). The maximum absolute atomic E-state index is 4.12. The van der Waals surface area contributed by atoms with Gasteiger partial charge in [0.1, 0.15) is 0 Å². The van der Waals surface area contributed by atoms with Gasteiger partial charge in [-0.3, -0.25) is 4.98 Å². The molecule has 0 N–H and O–H groups in total. The van der Waals surface area contributed by atoms with Crippen LogP contribution in [0.25, 0.3) is 21.2 Å². The highest BCUT2D eigenvalue weighted by Crippen LogP contribution is 2.27. The summed E-state index contributed by atoms with van der Waals surface area (Å²) in [5.74, 6) is 0. The van der Waals surface area contributed by atoms with Gasteiger partial charge < -0.3 is 0 Å². The topological polar surface area (TPSA) is 12.9 Å². The molecule has 0 spiro atoms. The van der Waals surface area contributed by atoms with E-state index in [1.807, 2.05) is 11.7 Å². The zero-order valence-corrected chi connectivity index (χ0v) is 10.5. The second kappa shape index (κ2) is 4.30. The van der Waals surface area contributed by atoms with Crippen molar-refractivity contribution in [1.82, 2.24) is 4.98 Å². The van der Waals surface area contributed by atoms with E-state index in [0.717, 1.165) is 6.42 Å². The molecular formula is C15H13NS. The van der Waals surface area contributed by atoms with Gasteiger partial charge in [0.25, 0.3) is 0 Å². The largest absolute Gasteiger partial charge is 0.252 e. The molecule has 1 heterocycles. The number of rotatable bonds is 2. The van der Waals surface area contributed by atoms with Crippen LogP contribution in [0.3, 0.4) is 0 Å². The van der Waals surface area contributed by atoms with E-state index in [0.29, 0.717) is 0 Å². The van der Waals surface area contributed by atoms with E-state index in [2.05, 4.69) is 48.3 Å². The minimum Gasteiger partial charge on any atom is -0.252 e. The van der Waals surface area contributed by atoms with Gasteiger partial charge in [0.05, 0.1) is 10.4 Å². The average Bonchev–Trinajstić information content (AvgIpc) is 2.91. The van der Waals surface area contributed by atoms with Crippen molar-refractivity contribution in [3.63, 3.8) is 0 Å². The van der Waals surface area contributed by atoms with E-state index in [1.165, 1.54) is 26.8 Å². The normalized spacial score (nSPS) is 10.9. The lowest BCUT2D eigenvalue weighted by atomic mass is 10.0. The quantitative estimate of drug-likeness (QED) is 0.640. The molecule has 0 radical (unpaired) electrons. The van der Waals surface area contributed by atoms with Crippen LogP contribution < -0.4 is 0 Å². The first-order valence-corrected chi connectivity index (χ1v) is 6.66. The predicted octanol–water partition coefficient (Wildman–Crippen LogP) is 4.53. The highest BCUT2D eigenvalue weighted by atomic mass is 32.1. The molecule has 0 bridgehead atoms. The van der Waals surface area contributed by atoms with E-state index < -0.39 is 0 Å². The SMILES string of the molecule is CCc1ccc2cc(-c3cncs3)ccc2c1. The fourth-order valence-electron chi connectivity index (χ4n) is 2.03. The number of aromatic nitrogens is 1. The maximum Gasteiger partial charge on any atom is 0.0797 e. The smallest absolute Gasteiger partial charge is 0.0797 e. The molecule has 0 atom stereocenters. The Kier molecular flexibility index (Phi) is 2.65. The van der Waals surface area contributed by atoms with Crippen molar-refractivity contribution in [3.05, 3.63) is 53.7 Å². The molecule has 2 aromatic carbocycles. The third-order valence-corrected chi connectivity index (χ3v) is 3.85. The Morgan fingerprint density at radius 3 is 2.65 bits per heavy atom. The molecule has 0 saturated carbocycles. The molecule has 1 nitrogen and oxygen atoms in total. The zero-order chi connectivity index (χ0) is 11.7. The van der Waals surface area contributed by atoms with Crippen molar-refractivity contribution >= 4 is 22.1 Å². The van der Waals surface area contributed by atoms with Crippen LogP contribution in [-0.4, -0.2) is 4.98 Å². The molecular weight excluding hydrogens is 226 g/mol. The van der Waals surface area contributed by atoms with Crippen LogP contribution in [-0.2, 0) is 6.42 Å². The molecule has 0 aliphatic carbocycles. The second-order valence-electron chi connectivity index (χ2n) is 4.12. The van der Waals surface area contributed by atoms with E-state index in [-0.39, 0.29) is 0 Å².